The van der Waals surface area contributed by atoms with Crippen LogP contribution in [-0.4, -0.2) is 39.1 Å². The summed E-state index contributed by atoms with van der Waals surface area (Å²) in [5, 5.41) is 7.62. The van der Waals surface area contributed by atoms with Crippen LogP contribution < -0.4 is 16.0 Å². The first-order chi connectivity index (χ1) is 13.4. The molecule has 4 amide bonds. The molecule has 4 N–H and O–H groups in total. The number of hydrogen-bond acceptors (Lipinski definition) is 5. The number of nitrogens with zero attached hydrogens (tertiary/aromatic N) is 1. The quantitative estimate of drug-likeness (QED) is 0.391. The van der Waals surface area contributed by atoms with E-state index in [1.165, 1.54) is 11.8 Å². The second-order valence-electron chi connectivity index (χ2n) is 6.58. The van der Waals surface area contributed by atoms with Crippen LogP contribution >= 0.6 is 11.8 Å². The number of urea groups is 1. The minimum Gasteiger partial charge on any atom is -0.324 e. The van der Waals surface area contributed by atoms with E-state index in [9.17, 15) is 14.4 Å². The van der Waals surface area contributed by atoms with Crippen molar-refractivity contribution in [2.45, 2.75) is 17.4 Å². The van der Waals surface area contributed by atoms with Gasteiger partial charge in [-0.15, -0.1) is 11.8 Å². The molecular formula is C19H17N5O3S. The number of rotatable bonds is 5. The lowest BCUT2D eigenvalue weighted by atomic mass is 10.1. The van der Waals surface area contributed by atoms with Crippen LogP contribution in [0.3, 0.4) is 0 Å². The first-order valence-electron chi connectivity index (χ1n) is 8.56. The fourth-order valence-electron chi connectivity index (χ4n) is 2.87. The van der Waals surface area contributed by atoms with E-state index in [4.69, 9.17) is 0 Å². The second-order valence-corrected chi connectivity index (χ2v) is 7.60. The fraction of sp³-hybridized carbons (Fsp3) is 0.158. The average Bonchev–Trinajstić information content (AvgIpc) is 3.19. The molecule has 142 valence electrons. The van der Waals surface area contributed by atoms with Gasteiger partial charge in [-0.3, -0.25) is 20.2 Å². The van der Waals surface area contributed by atoms with E-state index in [1.807, 2.05) is 30.3 Å². The highest BCUT2D eigenvalue weighted by molar-refractivity contribution is 7.99. The van der Waals surface area contributed by atoms with Crippen LogP contribution in [-0.2, 0) is 4.79 Å². The van der Waals surface area contributed by atoms with Gasteiger partial charge in [-0.2, -0.15) is 0 Å². The number of imide groups is 1. The van der Waals surface area contributed by atoms with Gasteiger partial charge in [0.05, 0.1) is 16.6 Å². The first-order valence-corrected chi connectivity index (χ1v) is 9.55. The van der Waals surface area contributed by atoms with Crippen LogP contribution in [0, 0.1) is 0 Å². The number of H-pyrrole nitrogens is 1. The molecule has 28 heavy (non-hydrogen) atoms. The van der Waals surface area contributed by atoms with Crippen LogP contribution in [0.4, 0.5) is 10.7 Å². The summed E-state index contributed by atoms with van der Waals surface area (Å²) in [6.07, 6.45) is 0. The number of benzene rings is 2. The molecule has 0 radical (unpaired) electrons. The Balaban J connectivity index is 1.51. The van der Waals surface area contributed by atoms with Crippen LogP contribution in [0.5, 0.6) is 0 Å². The zero-order chi connectivity index (χ0) is 19.7. The summed E-state index contributed by atoms with van der Waals surface area (Å²) < 4.78 is 0. The number of aromatic nitrogens is 2. The van der Waals surface area contributed by atoms with Gasteiger partial charge >= 0.3 is 6.03 Å². The predicted octanol–water partition coefficient (Wildman–Crippen LogP) is 2.51. The van der Waals surface area contributed by atoms with Crippen LogP contribution in [0.15, 0.2) is 53.4 Å². The van der Waals surface area contributed by atoms with Gasteiger partial charge in [-0.25, -0.2) is 9.78 Å². The van der Waals surface area contributed by atoms with Gasteiger partial charge in [0.25, 0.3) is 11.8 Å². The number of imidazole rings is 1. The van der Waals surface area contributed by atoms with E-state index in [2.05, 4.69) is 25.9 Å². The molecule has 2 aromatic carbocycles. The van der Waals surface area contributed by atoms with Crippen molar-refractivity contribution in [3.05, 3.63) is 54.1 Å². The molecule has 9 heteroatoms. The molecule has 0 unspecified atom stereocenters. The lowest BCUT2D eigenvalue weighted by Crippen LogP contribution is -2.46. The standard InChI is InChI=1S/C19H17N5O3S/c1-19(16(26)23-18(27)24-19)10-28-14-9-5-2-6-11(14)15(25)22-17-20-12-7-3-4-8-13(12)21-17/h2-9H,10H2,1H3,(H2,20,21,22,25)(H2,23,24,26,27)/t19-/m1/s1. The van der Waals surface area contributed by atoms with Crippen molar-refractivity contribution < 1.29 is 14.4 Å². The van der Waals surface area contributed by atoms with Crippen LogP contribution in [0.2, 0.25) is 0 Å². The van der Waals surface area contributed by atoms with Gasteiger partial charge in [-0.05, 0) is 31.2 Å². The molecular weight excluding hydrogens is 378 g/mol. The van der Waals surface area contributed by atoms with Gasteiger partial charge in [0.15, 0.2) is 0 Å². The number of carbonyl (C=O) groups is 3. The van der Waals surface area contributed by atoms with Crippen LogP contribution in [0.25, 0.3) is 11.0 Å². The smallest absolute Gasteiger partial charge is 0.322 e. The Labute approximate surface area is 164 Å². The number of thioether (sulfide) groups is 1. The molecule has 1 saturated heterocycles. The molecule has 0 spiro atoms. The summed E-state index contributed by atoms with van der Waals surface area (Å²) in [5.41, 5.74) is 1.03. The Morgan fingerprint density at radius 1 is 1.14 bits per heavy atom. The molecule has 0 saturated carbocycles. The highest BCUT2D eigenvalue weighted by atomic mass is 32.2. The molecule has 4 rings (SSSR count). The predicted molar refractivity (Wildman–Crippen MR) is 106 cm³/mol. The summed E-state index contributed by atoms with van der Waals surface area (Å²) in [7, 11) is 0. The third-order valence-corrected chi connectivity index (χ3v) is 5.78. The monoisotopic (exact) mass is 395 g/mol. The molecule has 0 bridgehead atoms. The van der Waals surface area contributed by atoms with Gasteiger partial charge < -0.3 is 10.3 Å². The topological polar surface area (TPSA) is 116 Å². The Hall–Kier alpha value is -3.33. The number of para-hydroxylation sites is 2. The molecule has 2 heterocycles. The highest BCUT2D eigenvalue weighted by Gasteiger charge is 2.41. The maximum absolute atomic E-state index is 12.8. The molecule has 1 aromatic heterocycles. The van der Waals surface area contributed by atoms with Crippen molar-refractivity contribution >= 4 is 46.6 Å². The summed E-state index contributed by atoms with van der Waals surface area (Å²) in [6.45, 7) is 1.65. The van der Waals surface area contributed by atoms with E-state index in [0.717, 1.165) is 11.0 Å². The van der Waals surface area contributed by atoms with Crippen molar-refractivity contribution in [3.63, 3.8) is 0 Å². The third kappa shape index (κ3) is 3.44. The summed E-state index contributed by atoms with van der Waals surface area (Å²) >= 11 is 1.33. The van der Waals surface area contributed by atoms with Gasteiger partial charge in [0.1, 0.15) is 5.54 Å². The fourth-order valence-corrected chi connectivity index (χ4v) is 4.01. The molecule has 8 nitrogen and oxygen atoms in total. The molecule has 1 fully saturated rings. The summed E-state index contributed by atoms with van der Waals surface area (Å²) in [5.74, 6) is -0.0405. The van der Waals surface area contributed by atoms with Gasteiger partial charge in [0.2, 0.25) is 5.95 Å². The summed E-state index contributed by atoms with van der Waals surface area (Å²) in [6, 6.07) is 14.1. The largest absolute Gasteiger partial charge is 0.324 e. The number of hydrogen-bond donors (Lipinski definition) is 4. The van der Waals surface area contributed by atoms with E-state index in [0.29, 0.717) is 22.2 Å². The highest BCUT2D eigenvalue weighted by Crippen LogP contribution is 2.28. The van der Waals surface area contributed by atoms with Crippen molar-refractivity contribution in [1.29, 1.82) is 0 Å². The molecule has 0 aliphatic carbocycles. The van der Waals surface area contributed by atoms with Crippen molar-refractivity contribution in [3.8, 4) is 0 Å². The Morgan fingerprint density at radius 2 is 1.89 bits per heavy atom. The molecule has 1 atom stereocenters. The molecule has 1 aliphatic heterocycles. The maximum Gasteiger partial charge on any atom is 0.322 e. The number of nitrogens with one attached hydrogen (secondary N) is 4. The Morgan fingerprint density at radius 3 is 2.64 bits per heavy atom. The van der Waals surface area contributed by atoms with Gasteiger partial charge in [0, 0.05) is 10.6 Å². The Bertz CT molecular complexity index is 1060. The Kier molecular flexibility index (Phi) is 4.52. The van der Waals surface area contributed by atoms with Crippen molar-refractivity contribution in [2.24, 2.45) is 0 Å². The zero-order valence-electron chi connectivity index (χ0n) is 14.9. The van der Waals surface area contributed by atoms with E-state index < -0.39 is 11.6 Å². The first kappa shape index (κ1) is 18.1. The number of carbonyl (C=O) groups excluding carboxylic acids is 3. The SMILES string of the molecule is C[C@]1(CSc2ccccc2C(=O)Nc2nc3ccccc3[nH]2)NC(=O)NC1=O. The normalized spacial score (nSPS) is 18.8. The lowest BCUT2D eigenvalue weighted by Gasteiger charge is -2.20. The van der Waals surface area contributed by atoms with Gasteiger partial charge in [-0.1, -0.05) is 24.3 Å². The van der Waals surface area contributed by atoms with E-state index in [1.54, 1.807) is 25.1 Å². The minimum atomic E-state index is -1.02. The van der Waals surface area contributed by atoms with Crippen molar-refractivity contribution in [2.75, 3.05) is 11.1 Å². The number of fused-ring (bicyclic) bond motifs is 1. The number of anilines is 1. The zero-order valence-corrected chi connectivity index (χ0v) is 15.7. The molecule has 3 aromatic rings. The average molecular weight is 395 g/mol. The number of aromatic amines is 1. The minimum absolute atomic E-state index is 0.291. The molecule has 1 aliphatic rings. The maximum atomic E-state index is 12.8. The number of amides is 4. The van der Waals surface area contributed by atoms with E-state index >= 15 is 0 Å². The van der Waals surface area contributed by atoms with E-state index in [-0.39, 0.29) is 11.8 Å². The lowest BCUT2D eigenvalue weighted by molar-refractivity contribution is -0.122. The summed E-state index contributed by atoms with van der Waals surface area (Å²) in [4.78, 5) is 44.3. The van der Waals surface area contributed by atoms with Crippen molar-refractivity contribution in [1.82, 2.24) is 20.6 Å². The second kappa shape index (κ2) is 7.01. The van der Waals surface area contributed by atoms with Crippen LogP contribution in [0.1, 0.15) is 17.3 Å². The third-order valence-electron chi connectivity index (χ3n) is 4.39.